The summed E-state index contributed by atoms with van der Waals surface area (Å²) in [4.78, 5) is 10.6. The molecule has 1 unspecified atom stereocenters. The standard InChI is InChI=1S/C10H14N2O3S/c1-3-11(4-2)16(15)10-7-5-9(6-8-10)12(13)14/h5-8H,3-4H2,1-2H3. The van der Waals surface area contributed by atoms with Crippen LogP contribution in [0.15, 0.2) is 29.2 Å². The van der Waals surface area contributed by atoms with Crippen molar-refractivity contribution in [3.8, 4) is 0 Å². The Morgan fingerprint density at radius 3 is 2.12 bits per heavy atom. The molecule has 1 aromatic carbocycles. The Morgan fingerprint density at radius 1 is 1.25 bits per heavy atom. The predicted octanol–water partition coefficient (Wildman–Crippen LogP) is 1.96. The summed E-state index contributed by atoms with van der Waals surface area (Å²) in [5.74, 6) is 0. The normalized spacial score (nSPS) is 12.7. The van der Waals surface area contributed by atoms with Crippen molar-refractivity contribution < 1.29 is 9.13 Å². The van der Waals surface area contributed by atoms with Crippen molar-refractivity contribution in [3.63, 3.8) is 0 Å². The minimum Gasteiger partial charge on any atom is -0.258 e. The van der Waals surface area contributed by atoms with Crippen LogP contribution in [0.3, 0.4) is 0 Å². The number of non-ortho nitro benzene ring substituents is 1. The van der Waals surface area contributed by atoms with Crippen LogP contribution in [0.5, 0.6) is 0 Å². The number of hydrogen-bond acceptors (Lipinski definition) is 3. The number of nitro groups is 1. The third-order valence-electron chi connectivity index (χ3n) is 2.19. The molecule has 1 aromatic rings. The molecular formula is C10H14N2O3S. The fourth-order valence-electron chi connectivity index (χ4n) is 1.29. The smallest absolute Gasteiger partial charge is 0.258 e. The fourth-order valence-corrected chi connectivity index (χ4v) is 2.43. The first-order valence-corrected chi connectivity index (χ1v) is 6.12. The van der Waals surface area contributed by atoms with Gasteiger partial charge in [0, 0.05) is 25.2 Å². The van der Waals surface area contributed by atoms with Gasteiger partial charge in [-0.05, 0) is 12.1 Å². The van der Waals surface area contributed by atoms with E-state index in [1.807, 2.05) is 13.8 Å². The zero-order chi connectivity index (χ0) is 12.1. The Hall–Kier alpha value is -1.27. The monoisotopic (exact) mass is 242 g/mol. The maximum Gasteiger partial charge on any atom is 0.269 e. The van der Waals surface area contributed by atoms with Gasteiger partial charge in [0.15, 0.2) is 0 Å². The van der Waals surface area contributed by atoms with E-state index in [2.05, 4.69) is 0 Å². The maximum atomic E-state index is 12.0. The zero-order valence-electron chi connectivity index (χ0n) is 9.25. The van der Waals surface area contributed by atoms with Gasteiger partial charge in [0.2, 0.25) is 0 Å². The highest BCUT2D eigenvalue weighted by atomic mass is 32.2. The van der Waals surface area contributed by atoms with Crippen molar-refractivity contribution in [2.45, 2.75) is 18.7 Å². The van der Waals surface area contributed by atoms with E-state index in [0.717, 1.165) is 0 Å². The summed E-state index contributed by atoms with van der Waals surface area (Å²) >= 11 is 0. The van der Waals surface area contributed by atoms with E-state index in [-0.39, 0.29) is 5.69 Å². The quantitative estimate of drug-likeness (QED) is 0.585. The highest BCUT2D eigenvalue weighted by Gasteiger charge is 2.12. The largest absolute Gasteiger partial charge is 0.269 e. The average molecular weight is 242 g/mol. The minimum absolute atomic E-state index is 0.0142. The lowest BCUT2D eigenvalue weighted by atomic mass is 10.3. The van der Waals surface area contributed by atoms with E-state index in [1.54, 1.807) is 4.31 Å². The maximum absolute atomic E-state index is 12.0. The summed E-state index contributed by atoms with van der Waals surface area (Å²) in [5.41, 5.74) is 0.0142. The molecule has 1 rings (SSSR count). The van der Waals surface area contributed by atoms with Crippen LogP contribution in [-0.4, -0.2) is 26.5 Å². The molecule has 0 saturated heterocycles. The Balaban J connectivity index is 2.89. The summed E-state index contributed by atoms with van der Waals surface area (Å²) in [6, 6.07) is 5.81. The van der Waals surface area contributed by atoms with Crippen molar-refractivity contribution in [2.75, 3.05) is 13.1 Å². The molecule has 0 aliphatic carbocycles. The van der Waals surface area contributed by atoms with E-state index in [1.165, 1.54) is 24.3 Å². The van der Waals surface area contributed by atoms with Crippen LogP contribution in [0.1, 0.15) is 13.8 Å². The second-order valence-corrected chi connectivity index (χ2v) is 4.60. The van der Waals surface area contributed by atoms with E-state index < -0.39 is 15.9 Å². The van der Waals surface area contributed by atoms with Crippen molar-refractivity contribution in [2.24, 2.45) is 0 Å². The molecular weight excluding hydrogens is 228 g/mol. The summed E-state index contributed by atoms with van der Waals surface area (Å²) in [6.07, 6.45) is 0. The number of nitrogens with zero attached hydrogens (tertiary/aromatic N) is 2. The molecule has 0 aromatic heterocycles. The van der Waals surface area contributed by atoms with Gasteiger partial charge in [0.25, 0.3) is 5.69 Å². The second-order valence-electron chi connectivity index (χ2n) is 3.11. The van der Waals surface area contributed by atoms with Crippen LogP contribution in [0.25, 0.3) is 0 Å². The highest BCUT2D eigenvalue weighted by molar-refractivity contribution is 7.82. The molecule has 0 bridgehead atoms. The summed E-state index contributed by atoms with van der Waals surface area (Å²) in [6.45, 7) is 5.21. The Morgan fingerprint density at radius 2 is 1.75 bits per heavy atom. The van der Waals surface area contributed by atoms with Gasteiger partial charge in [-0.15, -0.1) is 0 Å². The number of hydrogen-bond donors (Lipinski definition) is 0. The molecule has 0 spiro atoms. The van der Waals surface area contributed by atoms with Crippen LogP contribution in [0, 0.1) is 10.1 Å². The number of rotatable bonds is 5. The molecule has 0 saturated carbocycles. The number of benzene rings is 1. The summed E-state index contributed by atoms with van der Waals surface area (Å²) in [7, 11) is -1.23. The van der Waals surface area contributed by atoms with E-state index in [9.17, 15) is 14.3 Å². The highest BCUT2D eigenvalue weighted by Crippen LogP contribution is 2.16. The van der Waals surface area contributed by atoms with Crippen LogP contribution in [0.4, 0.5) is 5.69 Å². The molecule has 0 radical (unpaired) electrons. The lowest BCUT2D eigenvalue weighted by Crippen LogP contribution is -2.25. The molecule has 0 fully saturated rings. The summed E-state index contributed by atoms with van der Waals surface area (Å²) in [5, 5.41) is 10.4. The molecule has 88 valence electrons. The Kier molecular flexibility index (Phi) is 4.57. The molecule has 0 amide bonds. The van der Waals surface area contributed by atoms with Gasteiger partial charge >= 0.3 is 0 Å². The number of nitro benzene ring substituents is 1. The molecule has 0 N–H and O–H groups in total. The molecule has 6 heteroatoms. The molecule has 0 aliphatic rings. The first kappa shape index (κ1) is 12.8. The van der Waals surface area contributed by atoms with Gasteiger partial charge in [-0.3, -0.25) is 10.1 Å². The minimum atomic E-state index is -1.23. The van der Waals surface area contributed by atoms with Gasteiger partial charge < -0.3 is 0 Å². The molecule has 5 nitrogen and oxygen atoms in total. The van der Waals surface area contributed by atoms with Crippen molar-refractivity contribution in [1.82, 2.24) is 4.31 Å². The van der Waals surface area contributed by atoms with Crippen molar-refractivity contribution >= 4 is 16.7 Å². The second kappa shape index (κ2) is 5.72. The molecule has 0 heterocycles. The molecule has 16 heavy (non-hydrogen) atoms. The predicted molar refractivity (Wildman–Crippen MR) is 62.4 cm³/mol. The molecule has 1 atom stereocenters. The van der Waals surface area contributed by atoms with Gasteiger partial charge in [0.05, 0.1) is 9.82 Å². The van der Waals surface area contributed by atoms with Crippen LogP contribution >= 0.6 is 0 Å². The summed E-state index contributed by atoms with van der Waals surface area (Å²) < 4.78 is 13.7. The van der Waals surface area contributed by atoms with Gasteiger partial charge in [-0.25, -0.2) is 8.51 Å². The van der Waals surface area contributed by atoms with Crippen molar-refractivity contribution in [3.05, 3.63) is 34.4 Å². The van der Waals surface area contributed by atoms with Crippen molar-refractivity contribution in [1.29, 1.82) is 0 Å². The van der Waals surface area contributed by atoms with Crippen LogP contribution in [-0.2, 0) is 11.0 Å². The Labute approximate surface area is 96.8 Å². The van der Waals surface area contributed by atoms with Crippen LogP contribution < -0.4 is 0 Å². The lowest BCUT2D eigenvalue weighted by molar-refractivity contribution is -0.384. The Bertz CT molecular complexity index is 388. The van der Waals surface area contributed by atoms with Gasteiger partial charge in [-0.1, -0.05) is 13.8 Å². The zero-order valence-corrected chi connectivity index (χ0v) is 10.1. The van der Waals surface area contributed by atoms with E-state index in [4.69, 9.17) is 0 Å². The van der Waals surface area contributed by atoms with Gasteiger partial charge in [0.1, 0.15) is 11.0 Å². The van der Waals surface area contributed by atoms with Crippen LogP contribution in [0.2, 0.25) is 0 Å². The molecule has 0 aliphatic heterocycles. The third-order valence-corrected chi connectivity index (χ3v) is 3.85. The SMILES string of the molecule is CCN(CC)S(=O)c1ccc([N+](=O)[O-])cc1. The average Bonchev–Trinajstić information content (AvgIpc) is 2.30. The van der Waals surface area contributed by atoms with E-state index in [0.29, 0.717) is 18.0 Å². The lowest BCUT2D eigenvalue weighted by Gasteiger charge is -2.16. The van der Waals surface area contributed by atoms with E-state index >= 15 is 0 Å². The fraction of sp³-hybridized carbons (Fsp3) is 0.400. The first-order valence-electron chi connectivity index (χ1n) is 5.01. The van der Waals surface area contributed by atoms with Gasteiger partial charge in [-0.2, -0.15) is 0 Å². The first-order chi connectivity index (χ1) is 7.60. The topological polar surface area (TPSA) is 63.5 Å². The third kappa shape index (κ3) is 2.86.